The number of carbonyl (C=O) groups is 2. The number of thiophene rings is 1. The number of esters is 2. The van der Waals surface area contributed by atoms with E-state index in [1.165, 1.54) is 5.56 Å². The normalized spacial score (nSPS) is 13.6. The van der Waals surface area contributed by atoms with Gasteiger partial charge in [0.25, 0.3) is 0 Å². The number of benzene rings is 1. The van der Waals surface area contributed by atoms with Gasteiger partial charge in [0, 0.05) is 10.4 Å². The summed E-state index contributed by atoms with van der Waals surface area (Å²) in [6.45, 7) is 2.08. The van der Waals surface area contributed by atoms with Gasteiger partial charge in [-0.25, -0.2) is 9.59 Å². The van der Waals surface area contributed by atoms with E-state index in [0.717, 1.165) is 16.9 Å². The summed E-state index contributed by atoms with van der Waals surface area (Å²) in [6, 6.07) is 7.31. The summed E-state index contributed by atoms with van der Waals surface area (Å²) < 4.78 is 4.65. The van der Waals surface area contributed by atoms with Crippen molar-refractivity contribution in [3.8, 4) is 10.4 Å². The minimum absolute atomic E-state index is 0.365. The van der Waals surface area contributed by atoms with Gasteiger partial charge in [-0.2, -0.15) is 0 Å². The van der Waals surface area contributed by atoms with Gasteiger partial charge in [0.15, 0.2) is 0 Å². The number of cyclic esters (lactones) is 2. The highest BCUT2D eigenvalue weighted by atomic mass is 32.1. The first-order valence-electron chi connectivity index (χ1n) is 5.68. The zero-order valence-corrected chi connectivity index (χ0v) is 10.5. The summed E-state index contributed by atoms with van der Waals surface area (Å²) in [5, 5.41) is 2.07. The lowest BCUT2D eigenvalue weighted by molar-refractivity contribution is 0.0444. The Hall–Kier alpha value is -1.94. The Morgan fingerprint density at radius 1 is 1.17 bits per heavy atom. The van der Waals surface area contributed by atoms with Gasteiger partial charge in [-0.3, -0.25) is 0 Å². The molecule has 18 heavy (non-hydrogen) atoms. The summed E-state index contributed by atoms with van der Waals surface area (Å²) in [7, 11) is 0. The maximum absolute atomic E-state index is 11.7. The molecule has 0 fully saturated rings. The third kappa shape index (κ3) is 1.57. The molecule has 0 spiro atoms. The summed E-state index contributed by atoms with van der Waals surface area (Å²) in [4.78, 5) is 24.2. The van der Waals surface area contributed by atoms with Crippen molar-refractivity contribution in [2.24, 2.45) is 0 Å². The smallest absolute Gasteiger partial charge is 0.347 e. The number of ether oxygens (including phenoxy) is 1. The van der Waals surface area contributed by atoms with Crippen LogP contribution in [0.1, 0.15) is 33.2 Å². The number of carbonyl (C=O) groups excluding carboxylic acids is 2. The molecule has 3 nitrogen and oxygen atoms in total. The highest BCUT2D eigenvalue weighted by Gasteiger charge is 2.32. The average Bonchev–Trinajstić information content (AvgIpc) is 2.95. The van der Waals surface area contributed by atoms with E-state index in [-0.39, 0.29) is 0 Å². The summed E-state index contributed by atoms with van der Waals surface area (Å²) >= 11 is 1.58. The molecule has 3 rings (SSSR count). The molecule has 1 aliphatic rings. The van der Waals surface area contributed by atoms with E-state index >= 15 is 0 Å². The Kier molecular flexibility index (Phi) is 2.52. The van der Waals surface area contributed by atoms with E-state index < -0.39 is 11.9 Å². The number of hydrogen-bond donors (Lipinski definition) is 0. The van der Waals surface area contributed by atoms with Gasteiger partial charge < -0.3 is 4.74 Å². The second-order valence-electron chi connectivity index (χ2n) is 4.08. The van der Waals surface area contributed by atoms with Crippen molar-refractivity contribution in [2.45, 2.75) is 13.3 Å². The zero-order chi connectivity index (χ0) is 12.7. The summed E-state index contributed by atoms with van der Waals surface area (Å²) in [5.41, 5.74) is 2.77. The van der Waals surface area contributed by atoms with E-state index in [1.54, 1.807) is 23.5 Å². The summed E-state index contributed by atoms with van der Waals surface area (Å²) in [6.07, 6.45) is 0.953. The van der Waals surface area contributed by atoms with Gasteiger partial charge in [0.05, 0.1) is 11.1 Å². The van der Waals surface area contributed by atoms with Gasteiger partial charge in [-0.05, 0) is 29.5 Å². The fraction of sp³-hybridized carbons (Fsp3) is 0.143. The van der Waals surface area contributed by atoms with E-state index in [2.05, 4.69) is 23.1 Å². The molecule has 0 amide bonds. The number of hydrogen-bond acceptors (Lipinski definition) is 4. The molecule has 0 atom stereocenters. The molecular formula is C14H10O3S. The molecule has 1 aromatic carbocycles. The molecule has 1 aromatic heterocycles. The van der Waals surface area contributed by atoms with Crippen molar-refractivity contribution in [3.05, 3.63) is 46.3 Å². The number of aryl methyl sites for hydroxylation is 1. The Labute approximate surface area is 108 Å². The van der Waals surface area contributed by atoms with Crippen LogP contribution in [-0.2, 0) is 11.2 Å². The predicted octanol–water partition coefficient (Wildman–Crippen LogP) is 3.29. The van der Waals surface area contributed by atoms with Crippen LogP contribution >= 0.6 is 11.3 Å². The van der Waals surface area contributed by atoms with E-state index in [0.29, 0.717) is 11.1 Å². The molecule has 0 saturated heterocycles. The second-order valence-corrected chi connectivity index (χ2v) is 4.99. The van der Waals surface area contributed by atoms with Crippen molar-refractivity contribution >= 4 is 23.3 Å². The lowest BCUT2D eigenvalue weighted by Crippen LogP contribution is -1.97. The molecule has 0 radical (unpaired) electrons. The van der Waals surface area contributed by atoms with Crippen LogP contribution in [0.5, 0.6) is 0 Å². The lowest BCUT2D eigenvalue weighted by atomic mass is 10.0. The lowest BCUT2D eigenvalue weighted by Gasteiger charge is -2.01. The van der Waals surface area contributed by atoms with Gasteiger partial charge in [-0.1, -0.05) is 19.1 Å². The van der Waals surface area contributed by atoms with Crippen molar-refractivity contribution in [1.29, 1.82) is 0 Å². The van der Waals surface area contributed by atoms with E-state index in [1.807, 2.05) is 6.07 Å². The van der Waals surface area contributed by atoms with Crippen LogP contribution < -0.4 is 0 Å². The average molecular weight is 258 g/mol. The van der Waals surface area contributed by atoms with Gasteiger partial charge in [-0.15, -0.1) is 11.3 Å². The fourth-order valence-electron chi connectivity index (χ4n) is 2.04. The van der Waals surface area contributed by atoms with Crippen molar-refractivity contribution in [1.82, 2.24) is 0 Å². The quantitative estimate of drug-likeness (QED) is 0.613. The number of rotatable bonds is 2. The van der Waals surface area contributed by atoms with Crippen LogP contribution in [0, 0.1) is 0 Å². The minimum Gasteiger partial charge on any atom is -0.386 e. The molecule has 2 heterocycles. The Bertz CT molecular complexity index is 655. The molecular weight excluding hydrogens is 248 g/mol. The van der Waals surface area contributed by atoms with Crippen LogP contribution in [0.3, 0.4) is 0 Å². The van der Waals surface area contributed by atoms with Gasteiger partial charge in [0.2, 0.25) is 0 Å². The molecule has 0 saturated carbocycles. The Morgan fingerprint density at radius 2 is 1.94 bits per heavy atom. The zero-order valence-electron chi connectivity index (χ0n) is 9.73. The van der Waals surface area contributed by atoms with Crippen molar-refractivity contribution < 1.29 is 14.3 Å². The highest BCUT2D eigenvalue weighted by molar-refractivity contribution is 7.13. The van der Waals surface area contributed by atoms with Gasteiger partial charge in [0.1, 0.15) is 0 Å². The maximum Gasteiger partial charge on any atom is 0.347 e. The first-order chi connectivity index (χ1) is 8.70. The van der Waals surface area contributed by atoms with Crippen LogP contribution in [0.15, 0.2) is 29.6 Å². The largest absolute Gasteiger partial charge is 0.386 e. The second kappa shape index (κ2) is 4.07. The number of fused-ring (bicyclic) bond motifs is 1. The van der Waals surface area contributed by atoms with E-state index in [9.17, 15) is 9.59 Å². The van der Waals surface area contributed by atoms with Crippen LogP contribution in [-0.4, -0.2) is 11.9 Å². The molecule has 0 aliphatic carbocycles. The first kappa shape index (κ1) is 11.2. The molecule has 2 aromatic rings. The SMILES string of the molecule is CCc1csc(-c2cccc3c2C(=O)OC3=O)c1. The molecule has 90 valence electrons. The van der Waals surface area contributed by atoms with E-state index in [4.69, 9.17) is 0 Å². The third-order valence-electron chi connectivity index (χ3n) is 3.00. The molecule has 0 bridgehead atoms. The fourth-order valence-corrected chi connectivity index (χ4v) is 3.07. The minimum atomic E-state index is -0.552. The Balaban J connectivity index is 2.19. The van der Waals surface area contributed by atoms with Gasteiger partial charge >= 0.3 is 11.9 Å². The molecule has 0 unspecified atom stereocenters. The molecule has 4 heteroatoms. The van der Waals surface area contributed by atoms with Crippen LogP contribution in [0.4, 0.5) is 0 Å². The molecule has 0 N–H and O–H groups in total. The molecule has 1 aliphatic heterocycles. The predicted molar refractivity (Wildman–Crippen MR) is 68.9 cm³/mol. The Morgan fingerprint density at radius 3 is 2.67 bits per heavy atom. The highest BCUT2D eigenvalue weighted by Crippen LogP contribution is 2.34. The topological polar surface area (TPSA) is 43.4 Å². The van der Waals surface area contributed by atoms with Crippen molar-refractivity contribution in [2.75, 3.05) is 0 Å². The van der Waals surface area contributed by atoms with Crippen LogP contribution in [0.2, 0.25) is 0 Å². The monoisotopic (exact) mass is 258 g/mol. The summed E-state index contributed by atoms with van der Waals surface area (Å²) in [5.74, 6) is -1.10. The maximum atomic E-state index is 11.7. The van der Waals surface area contributed by atoms with Crippen LogP contribution in [0.25, 0.3) is 10.4 Å². The standard InChI is InChI=1S/C14H10O3S/c1-2-8-6-11(18-7-8)9-4-3-5-10-12(9)14(16)17-13(10)15/h3-7H,2H2,1H3. The third-order valence-corrected chi connectivity index (χ3v) is 4.01. The first-order valence-corrected chi connectivity index (χ1v) is 6.56. The van der Waals surface area contributed by atoms with Crippen molar-refractivity contribution in [3.63, 3.8) is 0 Å².